The summed E-state index contributed by atoms with van der Waals surface area (Å²) in [4.78, 5) is 38.9. The molecule has 21 heavy (non-hydrogen) atoms. The van der Waals surface area contributed by atoms with Crippen LogP contribution in [-0.2, 0) is 0 Å². The highest BCUT2D eigenvalue weighted by Crippen LogP contribution is 1.86. The number of oxazole rings is 1. The number of H-pyrrole nitrogens is 1. The van der Waals surface area contributed by atoms with Crippen molar-refractivity contribution >= 4 is 18.9 Å². The topological polar surface area (TPSA) is 132 Å². The highest BCUT2D eigenvalue weighted by Gasteiger charge is 1.87. The van der Waals surface area contributed by atoms with E-state index < -0.39 is 0 Å². The highest BCUT2D eigenvalue weighted by molar-refractivity contribution is 5.70. The van der Waals surface area contributed by atoms with E-state index >= 15 is 0 Å². The number of imidazole rings is 1. The number of carbonyl (C=O) groups is 3. The molecule has 0 atom stereocenters. The van der Waals surface area contributed by atoms with Crippen molar-refractivity contribution in [3.63, 3.8) is 0 Å². The van der Waals surface area contributed by atoms with Crippen molar-refractivity contribution in [1.82, 2.24) is 20.1 Å². The predicted molar refractivity (Wildman–Crippen MR) is 67.8 cm³/mol. The first-order valence-electron chi connectivity index (χ1n) is 5.45. The summed E-state index contributed by atoms with van der Waals surface area (Å²) in [5.41, 5.74) is 0.333. The number of aromatic amines is 1. The van der Waals surface area contributed by atoms with Gasteiger partial charge in [-0.2, -0.15) is 0 Å². The van der Waals surface area contributed by atoms with Crippen molar-refractivity contribution in [2.45, 2.75) is 0 Å². The Labute approximate surface area is 118 Å². The van der Waals surface area contributed by atoms with E-state index in [0.29, 0.717) is 30.4 Å². The zero-order valence-electron chi connectivity index (χ0n) is 10.6. The molecule has 0 saturated heterocycles. The lowest BCUT2D eigenvalue weighted by Crippen LogP contribution is -1.78. The number of rotatable bonds is 3. The van der Waals surface area contributed by atoms with Crippen molar-refractivity contribution in [3.05, 3.63) is 54.6 Å². The van der Waals surface area contributed by atoms with Crippen LogP contribution >= 0.6 is 0 Å². The minimum absolute atomic E-state index is 0.125. The van der Waals surface area contributed by atoms with Crippen LogP contribution in [0.15, 0.2) is 46.1 Å². The van der Waals surface area contributed by atoms with Gasteiger partial charge >= 0.3 is 0 Å². The number of nitrogens with zero attached hydrogens (tertiary/aromatic N) is 3. The van der Waals surface area contributed by atoms with Gasteiger partial charge in [0.05, 0.1) is 6.20 Å². The van der Waals surface area contributed by atoms with Crippen molar-refractivity contribution < 1.29 is 23.3 Å². The summed E-state index contributed by atoms with van der Waals surface area (Å²) in [6.07, 6.45) is 9.11. The zero-order valence-corrected chi connectivity index (χ0v) is 10.6. The average Bonchev–Trinajstić information content (AvgIpc) is 3.31. The molecule has 3 aromatic heterocycles. The number of aromatic nitrogens is 4. The molecule has 3 aromatic rings. The molecule has 9 heteroatoms. The van der Waals surface area contributed by atoms with Crippen LogP contribution in [0.2, 0.25) is 0 Å². The monoisotopic (exact) mass is 290 g/mol. The van der Waals surface area contributed by atoms with Crippen molar-refractivity contribution in [1.29, 1.82) is 0 Å². The van der Waals surface area contributed by atoms with Crippen LogP contribution in [0.4, 0.5) is 0 Å². The van der Waals surface area contributed by atoms with Crippen LogP contribution in [-0.4, -0.2) is 39.0 Å². The molecule has 0 aliphatic rings. The van der Waals surface area contributed by atoms with Gasteiger partial charge in [0.1, 0.15) is 18.2 Å². The Kier molecular flexibility index (Phi) is 7.14. The van der Waals surface area contributed by atoms with Gasteiger partial charge in [0.15, 0.2) is 18.4 Å². The number of carbonyl (C=O) groups excluding carboxylic acids is 3. The fraction of sp³-hybridized carbons (Fsp3) is 0. The molecule has 0 aliphatic carbocycles. The first-order chi connectivity index (χ1) is 10.3. The molecule has 3 rings (SSSR count). The largest absolute Gasteiger partial charge is 0.443 e. The first-order valence-corrected chi connectivity index (χ1v) is 5.45. The van der Waals surface area contributed by atoms with Gasteiger partial charge in [-0.05, 0) is 0 Å². The second-order valence-corrected chi connectivity index (χ2v) is 3.12. The van der Waals surface area contributed by atoms with E-state index in [4.69, 9.17) is 0 Å². The molecule has 0 saturated carbocycles. The molecule has 3 heterocycles. The number of hydrogen-bond donors (Lipinski definition) is 1. The summed E-state index contributed by atoms with van der Waals surface area (Å²) >= 11 is 0. The second-order valence-electron chi connectivity index (χ2n) is 3.12. The Morgan fingerprint density at radius 3 is 2.14 bits per heavy atom. The fourth-order valence-electron chi connectivity index (χ4n) is 0.917. The Morgan fingerprint density at radius 1 is 1.00 bits per heavy atom. The van der Waals surface area contributed by atoms with Gasteiger partial charge in [0.25, 0.3) is 5.89 Å². The summed E-state index contributed by atoms with van der Waals surface area (Å²) in [6, 6.07) is 1.49. The third-order valence-corrected chi connectivity index (χ3v) is 1.76. The Morgan fingerprint density at radius 2 is 1.86 bits per heavy atom. The van der Waals surface area contributed by atoms with E-state index in [9.17, 15) is 14.4 Å². The lowest BCUT2D eigenvalue weighted by molar-refractivity contribution is 0.109. The van der Waals surface area contributed by atoms with Gasteiger partial charge in [-0.25, -0.2) is 9.97 Å². The molecule has 0 spiro atoms. The molecule has 0 radical (unpaired) electrons. The molecule has 1 N–H and O–H groups in total. The highest BCUT2D eigenvalue weighted by atomic mass is 16.5. The van der Waals surface area contributed by atoms with E-state index in [-0.39, 0.29) is 5.89 Å². The van der Waals surface area contributed by atoms with Crippen LogP contribution in [0.3, 0.4) is 0 Å². The quantitative estimate of drug-likeness (QED) is 0.711. The standard InChI is InChI=1S/C4H4N2O.2C4H3NO2/c7-3-4-5-1-2-6-4;6-3-4-5-1-2-7-4;6-3-4-1-2-7-5-4/h1-3H,(H,5,6);2*1-3H. The Balaban J connectivity index is 0.000000157. The molecular weight excluding hydrogens is 280 g/mol. The van der Waals surface area contributed by atoms with Crippen LogP contribution in [0, 0.1) is 0 Å². The first kappa shape index (κ1) is 15.7. The summed E-state index contributed by atoms with van der Waals surface area (Å²) in [5.74, 6) is 0.500. The zero-order chi connectivity index (χ0) is 15.3. The number of aldehydes is 3. The second kappa shape index (κ2) is 9.55. The molecule has 0 amide bonds. The van der Waals surface area contributed by atoms with E-state index in [1.807, 2.05) is 0 Å². The van der Waals surface area contributed by atoms with Crippen LogP contribution in [0.5, 0.6) is 0 Å². The molecule has 0 aliphatic heterocycles. The Hall–Kier alpha value is -3.36. The van der Waals surface area contributed by atoms with Gasteiger partial charge in [0, 0.05) is 18.5 Å². The molecule has 0 aromatic carbocycles. The van der Waals surface area contributed by atoms with Crippen molar-refractivity contribution in [2.24, 2.45) is 0 Å². The van der Waals surface area contributed by atoms with E-state index in [1.165, 1.54) is 31.0 Å². The van der Waals surface area contributed by atoms with Gasteiger partial charge in [0.2, 0.25) is 6.29 Å². The lowest BCUT2D eigenvalue weighted by atomic mass is 10.5. The normalized spacial score (nSPS) is 8.57. The maximum Gasteiger partial charge on any atom is 0.259 e. The molecular formula is C12H10N4O5. The predicted octanol–water partition coefficient (Wildman–Crippen LogP) is 1.20. The SMILES string of the molecule is O=Cc1ccon1.O=Cc1ncc[nH]1.O=Cc1ncco1. The van der Waals surface area contributed by atoms with E-state index in [1.54, 1.807) is 6.20 Å². The molecule has 0 fully saturated rings. The summed E-state index contributed by atoms with van der Waals surface area (Å²) in [6.45, 7) is 0. The molecule has 0 bridgehead atoms. The van der Waals surface area contributed by atoms with Gasteiger partial charge in [-0.1, -0.05) is 5.16 Å². The van der Waals surface area contributed by atoms with E-state index in [2.05, 4.69) is 29.0 Å². The smallest absolute Gasteiger partial charge is 0.259 e. The molecule has 0 unspecified atom stereocenters. The van der Waals surface area contributed by atoms with Crippen molar-refractivity contribution in [3.8, 4) is 0 Å². The van der Waals surface area contributed by atoms with Crippen LogP contribution < -0.4 is 0 Å². The summed E-state index contributed by atoms with van der Waals surface area (Å²) in [7, 11) is 0. The van der Waals surface area contributed by atoms with E-state index in [0.717, 1.165) is 0 Å². The van der Waals surface area contributed by atoms with Crippen LogP contribution in [0.25, 0.3) is 0 Å². The van der Waals surface area contributed by atoms with Gasteiger partial charge < -0.3 is 13.9 Å². The summed E-state index contributed by atoms with van der Waals surface area (Å²) in [5, 5.41) is 3.29. The minimum Gasteiger partial charge on any atom is -0.443 e. The third-order valence-electron chi connectivity index (χ3n) is 1.76. The average molecular weight is 290 g/mol. The third kappa shape index (κ3) is 6.38. The van der Waals surface area contributed by atoms with Crippen molar-refractivity contribution in [2.75, 3.05) is 0 Å². The van der Waals surface area contributed by atoms with Gasteiger partial charge in [-0.15, -0.1) is 0 Å². The maximum atomic E-state index is 9.77. The maximum absolute atomic E-state index is 9.77. The molecule has 108 valence electrons. The lowest BCUT2D eigenvalue weighted by Gasteiger charge is -1.68. The Bertz CT molecular complexity index is 526. The van der Waals surface area contributed by atoms with Crippen LogP contribution in [0.1, 0.15) is 31.8 Å². The minimum atomic E-state index is 0.125. The number of hydrogen-bond acceptors (Lipinski definition) is 8. The number of nitrogens with one attached hydrogen (secondary N) is 1. The summed E-state index contributed by atoms with van der Waals surface area (Å²) < 4.78 is 8.83. The fourth-order valence-corrected chi connectivity index (χ4v) is 0.917. The molecule has 9 nitrogen and oxygen atoms in total. The van der Waals surface area contributed by atoms with Gasteiger partial charge in [-0.3, -0.25) is 14.4 Å².